The third-order valence-corrected chi connectivity index (χ3v) is 5.31. The van der Waals surface area contributed by atoms with Gasteiger partial charge in [0.2, 0.25) is 0 Å². The smallest absolute Gasteiger partial charge is 0.282 e. The van der Waals surface area contributed by atoms with Crippen LogP contribution in [-0.2, 0) is 9.59 Å². The van der Waals surface area contributed by atoms with Crippen molar-refractivity contribution in [3.63, 3.8) is 0 Å². The van der Waals surface area contributed by atoms with Crippen LogP contribution in [0.2, 0.25) is 10.0 Å². The number of methoxy groups -OCH3 is 1. The Bertz CT molecular complexity index is 1230. The Kier molecular flexibility index (Phi) is 5.67. The molecule has 0 spiro atoms. The SMILES string of the molecule is COc1ccc(NC2=C(c3ccccc3)C(=O)N(c3ccc(F)c(Cl)c3)C2=O)cc1Cl. The van der Waals surface area contributed by atoms with Crippen molar-refractivity contribution in [1.29, 1.82) is 0 Å². The number of hydrogen-bond acceptors (Lipinski definition) is 4. The lowest BCUT2D eigenvalue weighted by atomic mass is 10.0. The number of halogens is 3. The molecule has 0 saturated heterocycles. The van der Waals surface area contributed by atoms with Gasteiger partial charge < -0.3 is 10.1 Å². The molecule has 1 aliphatic rings. The molecule has 0 aliphatic carbocycles. The van der Waals surface area contributed by atoms with E-state index in [1.807, 2.05) is 0 Å². The van der Waals surface area contributed by atoms with E-state index in [-0.39, 0.29) is 22.0 Å². The number of carbonyl (C=O) groups is 2. The zero-order valence-corrected chi connectivity index (χ0v) is 17.7. The number of hydrogen-bond donors (Lipinski definition) is 1. The van der Waals surface area contributed by atoms with Gasteiger partial charge in [-0.05, 0) is 42.0 Å². The Morgan fingerprint density at radius 3 is 2.29 bits per heavy atom. The van der Waals surface area contributed by atoms with Crippen molar-refractivity contribution in [2.45, 2.75) is 0 Å². The van der Waals surface area contributed by atoms with Crippen LogP contribution in [0.3, 0.4) is 0 Å². The topological polar surface area (TPSA) is 58.6 Å². The summed E-state index contributed by atoms with van der Waals surface area (Å²) < 4.78 is 18.8. The maximum absolute atomic E-state index is 13.6. The molecule has 2 amide bonds. The van der Waals surface area contributed by atoms with Crippen molar-refractivity contribution < 1.29 is 18.7 Å². The van der Waals surface area contributed by atoms with E-state index in [2.05, 4.69) is 5.32 Å². The second-order valence-corrected chi connectivity index (χ2v) is 7.45. The molecule has 0 aromatic heterocycles. The highest BCUT2D eigenvalue weighted by molar-refractivity contribution is 6.46. The summed E-state index contributed by atoms with van der Waals surface area (Å²) in [5.74, 6) is -1.33. The number of imide groups is 1. The largest absolute Gasteiger partial charge is 0.495 e. The molecule has 156 valence electrons. The van der Waals surface area contributed by atoms with Gasteiger partial charge in [0.15, 0.2) is 0 Å². The first kappa shape index (κ1) is 20.9. The Hall–Kier alpha value is -3.35. The van der Waals surface area contributed by atoms with Gasteiger partial charge >= 0.3 is 0 Å². The van der Waals surface area contributed by atoms with Crippen molar-refractivity contribution in [2.75, 3.05) is 17.3 Å². The van der Waals surface area contributed by atoms with E-state index >= 15 is 0 Å². The number of carbonyl (C=O) groups excluding carboxylic acids is 2. The highest BCUT2D eigenvalue weighted by Gasteiger charge is 2.40. The molecule has 0 fully saturated rings. The molecule has 3 aromatic rings. The highest BCUT2D eigenvalue weighted by Crippen LogP contribution is 2.36. The Labute approximate surface area is 187 Å². The zero-order valence-electron chi connectivity index (χ0n) is 16.2. The van der Waals surface area contributed by atoms with E-state index in [1.54, 1.807) is 48.5 Å². The van der Waals surface area contributed by atoms with Crippen molar-refractivity contribution in [2.24, 2.45) is 0 Å². The molecule has 0 saturated carbocycles. The molecule has 1 aliphatic heterocycles. The lowest BCUT2D eigenvalue weighted by molar-refractivity contribution is -0.120. The van der Waals surface area contributed by atoms with Crippen molar-refractivity contribution in [3.8, 4) is 5.75 Å². The van der Waals surface area contributed by atoms with Gasteiger partial charge in [-0.25, -0.2) is 9.29 Å². The first-order chi connectivity index (χ1) is 14.9. The number of ether oxygens (including phenoxy) is 1. The molecule has 5 nitrogen and oxygen atoms in total. The van der Waals surface area contributed by atoms with Crippen molar-refractivity contribution in [3.05, 3.63) is 93.9 Å². The standard InChI is InChI=1S/C23H15Cl2FN2O3/c1-31-19-10-7-14(11-17(19)25)27-21-20(13-5-3-2-4-6-13)22(29)28(23(21)30)15-8-9-18(26)16(24)12-15/h2-12,27H,1H3. The van der Waals surface area contributed by atoms with Gasteiger partial charge in [-0.3, -0.25) is 9.59 Å². The van der Waals surface area contributed by atoms with Gasteiger partial charge in [0, 0.05) is 5.69 Å². The molecular formula is C23H15Cl2FN2O3. The van der Waals surface area contributed by atoms with Crippen molar-refractivity contribution in [1.82, 2.24) is 0 Å². The van der Waals surface area contributed by atoms with Crippen LogP contribution < -0.4 is 15.0 Å². The number of anilines is 2. The summed E-state index contributed by atoms with van der Waals surface area (Å²) in [5.41, 5.74) is 1.46. The highest BCUT2D eigenvalue weighted by atomic mass is 35.5. The minimum atomic E-state index is -0.646. The molecule has 0 unspecified atom stereocenters. The fraction of sp³-hybridized carbons (Fsp3) is 0.0435. The van der Waals surface area contributed by atoms with E-state index in [4.69, 9.17) is 27.9 Å². The van der Waals surface area contributed by atoms with Crippen LogP contribution in [0, 0.1) is 5.82 Å². The Morgan fingerprint density at radius 1 is 0.903 bits per heavy atom. The molecule has 3 aromatic carbocycles. The lowest BCUT2D eigenvalue weighted by Crippen LogP contribution is -2.32. The lowest BCUT2D eigenvalue weighted by Gasteiger charge is -2.16. The van der Waals surface area contributed by atoms with Crippen LogP contribution in [0.5, 0.6) is 5.75 Å². The van der Waals surface area contributed by atoms with Crippen LogP contribution in [-0.4, -0.2) is 18.9 Å². The number of rotatable bonds is 5. The number of benzene rings is 3. The molecule has 1 N–H and O–H groups in total. The normalized spacial score (nSPS) is 13.7. The van der Waals surface area contributed by atoms with Gasteiger partial charge in [0.05, 0.1) is 28.4 Å². The first-order valence-corrected chi connectivity index (χ1v) is 9.90. The number of amides is 2. The van der Waals surface area contributed by atoms with Crippen LogP contribution in [0.4, 0.5) is 15.8 Å². The summed E-state index contributed by atoms with van der Waals surface area (Å²) >= 11 is 12.1. The maximum Gasteiger partial charge on any atom is 0.282 e. The summed E-state index contributed by atoms with van der Waals surface area (Å²) in [7, 11) is 1.50. The molecular weight excluding hydrogens is 442 g/mol. The zero-order chi connectivity index (χ0) is 22.1. The van der Waals surface area contributed by atoms with E-state index in [1.165, 1.54) is 19.2 Å². The van der Waals surface area contributed by atoms with Crippen LogP contribution >= 0.6 is 23.2 Å². The predicted octanol–water partition coefficient (Wildman–Crippen LogP) is 5.54. The average molecular weight is 457 g/mol. The van der Waals surface area contributed by atoms with Gasteiger partial charge in [0.25, 0.3) is 11.8 Å². The fourth-order valence-electron chi connectivity index (χ4n) is 3.27. The van der Waals surface area contributed by atoms with E-state index in [0.717, 1.165) is 11.0 Å². The molecule has 31 heavy (non-hydrogen) atoms. The average Bonchev–Trinajstić information content (AvgIpc) is 3.00. The third-order valence-electron chi connectivity index (χ3n) is 4.73. The molecule has 4 rings (SSSR count). The summed E-state index contributed by atoms with van der Waals surface area (Å²) in [6, 6.07) is 17.4. The van der Waals surface area contributed by atoms with E-state index in [9.17, 15) is 14.0 Å². The van der Waals surface area contributed by atoms with E-state index in [0.29, 0.717) is 22.0 Å². The molecule has 0 radical (unpaired) electrons. The quantitative estimate of drug-likeness (QED) is 0.512. The number of nitrogens with zero attached hydrogens (tertiary/aromatic N) is 1. The van der Waals surface area contributed by atoms with Gasteiger partial charge in [0.1, 0.15) is 17.3 Å². The summed E-state index contributed by atoms with van der Waals surface area (Å²) in [5, 5.41) is 3.16. The summed E-state index contributed by atoms with van der Waals surface area (Å²) in [4.78, 5) is 27.6. The van der Waals surface area contributed by atoms with Gasteiger partial charge in [-0.1, -0.05) is 53.5 Å². The summed E-state index contributed by atoms with van der Waals surface area (Å²) in [6.45, 7) is 0. The molecule has 0 bridgehead atoms. The van der Waals surface area contributed by atoms with E-state index < -0.39 is 17.6 Å². The minimum Gasteiger partial charge on any atom is -0.495 e. The maximum atomic E-state index is 13.6. The van der Waals surface area contributed by atoms with Crippen LogP contribution in [0.15, 0.2) is 72.4 Å². The molecule has 1 heterocycles. The Morgan fingerprint density at radius 2 is 1.65 bits per heavy atom. The summed E-state index contributed by atoms with van der Waals surface area (Å²) in [6.07, 6.45) is 0. The second kappa shape index (κ2) is 8.41. The monoisotopic (exact) mass is 456 g/mol. The Balaban J connectivity index is 1.80. The third kappa shape index (κ3) is 3.87. The van der Waals surface area contributed by atoms with Crippen LogP contribution in [0.25, 0.3) is 5.57 Å². The molecule has 0 atom stereocenters. The second-order valence-electron chi connectivity index (χ2n) is 6.63. The number of nitrogens with one attached hydrogen (secondary N) is 1. The van der Waals surface area contributed by atoms with Crippen LogP contribution in [0.1, 0.15) is 5.56 Å². The predicted molar refractivity (Wildman–Crippen MR) is 119 cm³/mol. The first-order valence-electron chi connectivity index (χ1n) is 9.15. The fourth-order valence-corrected chi connectivity index (χ4v) is 3.70. The van der Waals surface area contributed by atoms with Gasteiger partial charge in [-0.15, -0.1) is 0 Å². The molecule has 8 heteroatoms. The van der Waals surface area contributed by atoms with Gasteiger partial charge in [-0.2, -0.15) is 0 Å². The van der Waals surface area contributed by atoms with Crippen molar-refractivity contribution >= 4 is 52.0 Å². The minimum absolute atomic E-state index is 0.0675.